The molecule has 1 fully saturated rings. The van der Waals surface area contributed by atoms with E-state index in [1.807, 2.05) is 6.92 Å². The molecule has 0 atom stereocenters. The topological polar surface area (TPSA) is 76.3 Å². The van der Waals surface area contributed by atoms with Crippen LogP contribution >= 0.6 is 12.2 Å². The summed E-state index contributed by atoms with van der Waals surface area (Å²) in [7, 11) is 0. The fraction of sp³-hybridized carbons (Fsp3) is 0.615. The van der Waals surface area contributed by atoms with E-state index in [4.69, 9.17) is 22.7 Å². The highest BCUT2D eigenvalue weighted by Gasteiger charge is 2.09. The Hall–Kier alpha value is -1.31. The average molecular weight is 295 g/mol. The van der Waals surface area contributed by atoms with Gasteiger partial charge in [-0.25, -0.2) is 9.97 Å². The molecule has 110 valence electrons. The van der Waals surface area contributed by atoms with Crippen LogP contribution in [-0.4, -0.2) is 59.2 Å². The summed E-state index contributed by atoms with van der Waals surface area (Å²) >= 11 is 4.94. The molecule has 20 heavy (non-hydrogen) atoms. The lowest BCUT2D eigenvalue weighted by Gasteiger charge is -2.26. The van der Waals surface area contributed by atoms with Crippen LogP contribution in [0.2, 0.25) is 0 Å². The van der Waals surface area contributed by atoms with Gasteiger partial charge >= 0.3 is 0 Å². The van der Waals surface area contributed by atoms with Crippen LogP contribution in [0, 0.1) is 6.92 Å². The molecule has 0 bridgehead atoms. The van der Waals surface area contributed by atoms with Crippen molar-refractivity contribution in [1.82, 2.24) is 14.9 Å². The van der Waals surface area contributed by atoms with Gasteiger partial charge in [0.2, 0.25) is 5.95 Å². The summed E-state index contributed by atoms with van der Waals surface area (Å²) in [4.78, 5) is 11.3. The molecule has 0 aromatic carbocycles. The first-order valence-electron chi connectivity index (χ1n) is 6.84. The molecule has 0 aliphatic carbocycles. The third-order valence-electron chi connectivity index (χ3n) is 3.14. The normalized spacial score (nSPS) is 16.1. The Morgan fingerprint density at radius 3 is 2.90 bits per heavy atom. The molecule has 1 aliphatic heterocycles. The average Bonchev–Trinajstić information content (AvgIpc) is 2.44. The molecule has 2 heterocycles. The van der Waals surface area contributed by atoms with Gasteiger partial charge in [0, 0.05) is 25.3 Å². The van der Waals surface area contributed by atoms with Gasteiger partial charge in [-0.1, -0.05) is 12.2 Å². The maximum atomic E-state index is 5.60. The third-order valence-corrected chi connectivity index (χ3v) is 3.35. The molecule has 0 amide bonds. The molecular formula is C13H21N5OS. The fourth-order valence-corrected chi connectivity index (χ4v) is 2.21. The number of aromatic nitrogens is 2. The van der Waals surface area contributed by atoms with Crippen LogP contribution in [-0.2, 0) is 4.74 Å². The minimum atomic E-state index is 0.298. The molecule has 0 spiro atoms. The highest BCUT2D eigenvalue weighted by atomic mass is 32.1. The second-order valence-corrected chi connectivity index (χ2v) is 5.26. The number of ether oxygens (including phenoxy) is 1. The molecule has 1 aromatic rings. The Morgan fingerprint density at radius 2 is 2.20 bits per heavy atom. The van der Waals surface area contributed by atoms with Crippen molar-refractivity contribution in [2.45, 2.75) is 13.3 Å². The molecule has 1 aliphatic rings. The van der Waals surface area contributed by atoms with Gasteiger partial charge < -0.3 is 15.8 Å². The Balaban J connectivity index is 1.77. The summed E-state index contributed by atoms with van der Waals surface area (Å²) in [5.74, 6) is 0.592. The lowest BCUT2D eigenvalue weighted by molar-refractivity contribution is 0.0378. The molecule has 3 N–H and O–H groups in total. The lowest BCUT2D eigenvalue weighted by Crippen LogP contribution is -2.37. The van der Waals surface area contributed by atoms with Gasteiger partial charge in [0.15, 0.2) is 0 Å². The van der Waals surface area contributed by atoms with E-state index in [0.29, 0.717) is 16.6 Å². The molecule has 7 heteroatoms. The van der Waals surface area contributed by atoms with E-state index in [0.717, 1.165) is 51.5 Å². The quantitative estimate of drug-likeness (QED) is 0.586. The molecule has 1 aromatic heterocycles. The number of nitrogens with one attached hydrogen (secondary N) is 1. The Labute approximate surface area is 124 Å². The van der Waals surface area contributed by atoms with E-state index in [1.54, 1.807) is 6.07 Å². The van der Waals surface area contributed by atoms with Crippen molar-refractivity contribution in [1.29, 1.82) is 0 Å². The first-order chi connectivity index (χ1) is 9.65. The largest absolute Gasteiger partial charge is 0.388 e. The summed E-state index contributed by atoms with van der Waals surface area (Å²) in [6.07, 6.45) is 1.04. The number of morpholine rings is 1. The van der Waals surface area contributed by atoms with Crippen molar-refractivity contribution in [2.75, 3.05) is 44.7 Å². The number of aryl methyl sites for hydroxylation is 1. The number of thiocarbonyl (C=S) groups is 1. The maximum absolute atomic E-state index is 5.60. The molecule has 0 unspecified atom stereocenters. The first kappa shape index (κ1) is 15.1. The molecule has 2 rings (SSSR count). The highest BCUT2D eigenvalue weighted by Crippen LogP contribution is 2.05. The van der Waals surface area contributed by atoms with E-state index >= 15 is 0 Å². The van der Waals surface area contributed by atoms with Crippen LogP contribution in [0.3, 0.4) is 0 Å². The van der Waals surface area contributed by atoms with Crippen molar-refractivity contribution in [2.24, 2.45) is 5.73 Å². The van der Waals surface area contributed by atoms with Gasteiger partial charge in [-0.2, -0.15) is 0 Å². The Morgan fingerprint density at radius 1 is 1.45 bits per heavy atom. The van der Waals surface area contributed by atoms with Gasteiger partial charge in [-0.3, -0.25) is 4.90 Å². The van der Waals surface area contributed by atoms with Crippen molar-refractivity contribution in [3.05, 3.63) is 17.5 Å². The maximum Gasteiger partial charge on any atom is 0.223 e. The van der Waals surface area contributed by atoms with Crippen molar-refractivity contribution in [3.8, 4) is 0 Å². The molecule has 6 nitrogen and oxygen atoms in total. The number of nitrogens with zero attached hydrogens (tertiary/aromatic N) is 3. The first-order valence-corrected chi connectivity index (χ1v) is 7.25. The monoisotopic (exact) mass is 295 g/mol. The number of hydrogen-bond donors (Lipinski definition) is 2. The van der Waals surface area contributed by atoms with E-state index in [2.05, 4.69) is 20.2 Å². The summed E-state index contributed by atoms with van der Waals surface area (Å²) in [6, 6.07) is 1.79. The van der Waals surface area contributed by atoms with Crippen LogP contribution in [0.4, 0.5) is 5.95 Å². The van der Waals surface area contributed by atoms with Gasteiger partial charge in [0.1, 0.15) is 10.7 Å². The molecular weight excluding hydrogens is 274 g/mol. The summed E-state index contributed by atoms with van der Waals surface area (Å²) in [6.45, 7) is 7.51. The lowest BCUT2D eigenvalue weighted by atomic mass is 10.3. The smallest absolute Gasteiger partial charge is 0.223 e. The fourth-order valence-electron chi connectivity index (χ4n) is 2.10. The zero-order valence-corrected chi connectivity index (χ0v) is 12.6. The van der Waals surface area contributed by atoms with Gasteiger partial charge in [-0.05, 0) is 26.0 Å². The van der Waals surface area contributed by atoms with E-state index in [1.165, 1.54) is 0 Å². The van der Waals surface area contributed by atoms with E-state index < -0.39 is 0 Å². The Kier molecular flexibility index (Phi) is 5.63. The number of hydrogen-bond acceptors (Lipinski definition) is 6. The van der Waals surface area contributed by atoms with E-state index in [9.17, 15) is 0 Å². The van der Waals surface area contributed by atoms with Crippen molar-refractivity contribution in [3.63, 3.8) is 0 Å². The number of rotatable bonds is 6. The van der Waals surface area contributed by atoms with Crippen LogP contribution in [0.5, 0.6) is 0 Å². The van der Waals surface area contributed by atoms with Crippen LogP contribution in [0.15, 0.2) is 6.07 Å². The third kappa shape index (κ3) is 4.66. The Bertz CT molecular complexity index is 462. The standard InChI is InChI=1S/C13H21N5OS/c1-10-9-11(12(14)20)17-13(16-10)15-3-2-4-18-5-7-19-8-6-18/h9H,2-8H2,1H3,(H2,14,20)(H,15,16,17). The predicted molar refractivity (Wildman–Crippen MR) is 83.0 cm³/mol. The number of nitrogens with two attached hydrogens (primary N) is 1. The summed E-state index contributed by atoms with van der Waals surface area (Å²) in [5, 5.41) is 3.23. The SMILES string of the molecule is Cc1cc(C(N)=S)nc(NCCCN2CCOCC2)n1. The molecule has 0 radical (unpaired) electrons. The minimum absolute atomic E-state index is 0.298. The van der Waals surface area contributed by atoms with E-state index in [-0.39, 0.29) is 0 Å². The minimum Gasteiger partial charge on any atom is -0.388 e. The van der Waals surface area contributed by atoms with Crippen LogP contribution in [0.1, 0.15) is 17.8 Å². The number of anilines is 1. The van der Waals surface area contributed by atoms with Crippen LogP contribution in [0.25, 0.3) is 0 Å². The van der Waals surface area contributed by atoms with Gasteiger partial charge in [0.25, 0.3) is 0 Å². The van der Waals surface area contributed by atoms with Crippen LogP contribution < -0.4 is 11.1 Å². The van der Waals surface area contributed by atoms with Gasteiger partial charge in [-0.15, -0.1) is 0 Å². The molecule has 1 saturated heterocycles. The van der Waals surface area contributed by atoms with Crippen molar-refractivity contribution < 1.29 is 4.74 Å². The second-order valence-electron chi connectivity index (χ2n) is 4.82. The van der Waals surface area contributed by atoms with Crippen molar-refractivity contribution >= 4 is 23.2 Å². The van der Waals surface area contributed by atoms with Gasteiger partial charge in [0.05, 0.1) is 13.2 Å². The zero-order valence-electron chi connectivity index (χ0n) is 11.8. The summed E-state index contributed by atoms with van der Waals surface area (Å²) < 4.78 is 5.32. The molecule has 0 saturated carbocycles. The predicted octanol–water partition coefficient (Wildman–Crippen LogP) is 0.553. The second kappa shape index (κ2) is 7.47. The summed E-state index contributed by atoms with van der Waals surface area (Å²) in [5.41, 5.74) is 7.07. The highest BCUT2D eigenvalue weighted by molar-refractivity contribution is 7.80. The zero-order chi connectivity index (χ0) is 14.4.